The number of nitrogens with one attached hydrogen (secondary N) is 1. The van der Waals surface area contributed by atoms with E-state index in [0.29, 0.717) is 16.8 Å². The summed E-state index contributed by atoms with van der Waals surface area (Å²) in [6.07, 6.45) is 2.42. The van der Waals surface area contributed by atoms with Crippen LogP contribution in [0.5, 0.6) is 5.75 Å². The third kappa shape index (κ3) is 3.36. The van der Waals surface area contributed by atoms with Gasteiger partial charge in [-0.1, -0.05) is 37.3 Å². The average molecular weight is 385 g/mol. The number of nitrogens with zero attached hydrogens (tertiary/aromatic N) is 2. The molecule has 0 saturated carbocycles. The van der Waals surface area contributed by atoms with Crippen LogP contribution in [0, 0.1) is 0 Å². The Hall–Kier alpha value is -3.93. The summed E-state index contributed by atoms with van der Waals surface area (Å²) in [5.74, 6) is -1.06. The molecule has 0 atom stereocenters. The van der Waals surface area contributed by atoms with Crippen molar-refractivity contribution in [2.75, 3.05) is 5.32 Å². The second-order valence-electron chi connectivity index (χ2n) is 6.58. The molecule has 6 nitrogen and oxygen atoms in total. The molecule has 0 aliphatic carbocycles. The van der Waals surface area contributed by atoms with E-state index < -0.39 is 11.5 Å². The van der Waals surface area contributed by atoms with E-state index in [-0.39, 0.29) is 17.0 Å². The molecule has 6 heteroatoms. The van der Waals surface area contributed by atoms with E-state index in [1.54, 1.807) is 48.5 Å². The molecule has 0 saturated heterocycles. The van der Waals surface area contributed by atoms with E-state index in [2.05, 4.69) is 10.3 Å². The highest BCUT2D eigenvalue weighted by molar-refractivity contribution is 6.09. The Kier molecular flexibility index (Phi) is 4.83. The molecule has 0 spiro atoms. The summed E-state index contributed by atoms with van der Waals surface area (Å²) in [5.41, 5.74) is 1.56. The van der Waals surface area contributed by atoms with Crippen molar-refractivity contribution in [3.63, 3.8) is 0 Å². The number of carbonyl (C=O) groups excluding carboxylic acids is 1. The van der Waals surface area contributed by atoms with Gasteiger partial charge in [0.2, 0.25) is 0 Å². The maximum atomic E-state index is 13.2. The molecule has 4 rings (SSSR count). The van der Waals surface area contributed by atoms with Crippen molar-refractivity contribution in [1.82, 2.24) is 9.55 Å². The fourth-order valence-corrected chi connectivity index (χ4v) is 3.24. The number of aryl methyl sites for hydroxylation is 1. The minimum atomic E-state index is -0.674. The van der Waals surface area contributed by atoms with Gasteiger partial charge in [0, 0.05) is 11.9 Å². The van der Waals surface area contributed by atoms with Gasteiger partial charge in [0.15, 0.2) is 5.65 Å². The molecule has 2 heterocycles. The minimum Gasteiger partial charge on any atom is -0.506 e. The topological polar surface area (TPSA) is 84.2 Å². The zero-order valence-electron chi connectivity index (χ0n) is 15.8. The first kappa shape index (κ1) is 18.4. The van der Waals surface area contributed by atoms with Crippen LogP contribution in [0.4, 0.5) is 5.69 Å². The number of benzene rings is 2. The van der Waals surface area contributed by atoms with Crippen LogP contribution in [0.25, 0.3) is 16.7 Å². The van der Waals surface area contributed by atoms with Gasteiger partial charge in [-0.2, -0.15) is 0 Å². The van der Waals surface area contributed by atoms with E-state index in [9.17, 15) is 14.7 Å². The van der Waals surface area contributed by atoms with Gasteiger partial charge < -0.3 is 10.4 Å². The predicted molar refractivity (Wildman–Crippen MR) is 113 cm³/mol. The molecule has 0 aliphatic heterocycles. The van der Waals surface area contributed by atoms with Crippen molar-refractivity contribution >= 4 is 22.6 Å². The number of hydrogen-bond donors (Lipinski definition) is 2. The number of fused-ring (bicyclic) bond motifs is 1. The summed E-state index contributed by atoms with van der Waals surface area (Å²) in [6.45, 7) is 2.04. The second-order valence-corrected chi connectivity index (χ2v) is 6.58. The number of aromatic nitrogens is 2. The fraction of sp³-hybridized carbons (Fsp3) is 0.0870. The molecule has 0 aliphatic rings. The lowest BCUT2D eigenvalue weighted by Crippen LogP contribution is -2.29. The summed E-state index contributed by atoms with van der Waals surface area (Å²) in [5, 5.41) is 13.7. The summed E-state index contributed by atoms with van der Waals surface area (Å²) < 4.78 is 1.34. The van der Waals surface area contributed by atoms with Crippen molar-refractivity contribution in [3.8, 4) is 11.4 Å². The van der Waals surface area contributed by atoms with Gasteiger partial charge in [0.25, 0.3) is 11.5 Å². The zero-order chi connectivity index (χ0) is 20.4. The first-order chi connectivity index (χ1) is 14.1. The first-order valence-corrected chi connectivity index (χ1v) is 9.28. The number of hydrogen-bond acceptors (Lipinski definition) is 4. The third-order valence-corrected chi connectivity index (χ3v) is 4.77. The summed E-state index contributed by atoms with van der Waals surface area (Å²) in [4.78, 5) is 30.4. The smallest absolute Gasteiger partial charge is 0.273 e. The Morgan fingerprint density at radius 3 is 2.45 bits per heavy atom. The van der Waals surface area contributed by atoms with Gasteiger partial charge in [-0.3, -0.25) is 14.2 Å². The molecule has 2 aromatic carbocycles. The molecular weight excluding hydrogens is 366 g/mol. The van der Waals surface area contributed by atoms with Crippen molar-refractivity contribution in [2.24, 2.45) is 0 Å². The van der Waals surface area contributed by atoms with Crippen LogP contribution in [0.15, 0.2) is 77.7 Å². The maximum Gasteiger partial charge on any atom is 0.273 e. The number of amides is 1. The van der Waals surface area contributed by atoms with Gasteiger partial charge >= 0.3 is 0 Å². The maximum absolute atomic E-state index is 13.2. The molecule has 2 N–H and O–H groups in total. The summed E-state index contributed by atoms with van der Waals surface area (Å²) in [7, 11) is 0. The predicted octanol–water partition coefficient (Wildman–Crippen LogP) is 3.91. The quantitative estimate of drug-likeness (QED) is 0.558. The highest BCUT2D eigenvalue weighted by atomic mass is 16.3. The largest absolute Gasteiger partial charge is 0.506 e. The molecule has 0 radical (unpaired) electrons. The second kappa shape index (κ2) is 7.59. The van der Waals surface area contributed by atoms with Gasteiger partial charge in [-0.25, -0.2) is 4.98 Å². The van der Waals surface area contributed by atoms with E-state index in [1.165, 1.54) is 10.8 Å². The van der Waals surface area contributed by atoms with E-state index in [4.69, 9.17) is 0 Å². The number of rotatable bonds is 4. The Balaban J connectivity index is 1.88. The summed E-state index contributed by atoms with van der Waals surface area (Å²) >= 11 is 0. The Morgan fingerprint density at radius 1 is 1.03 bits per heavy atom. The standard InChI is InChI=1S/C23H19N3O3/c1-2-15-10-12-16(13-11-15)25-22(28)19-20(27)18-9-6-14-24-21(18)26(23(19)29)17-7-4-3-5-8-17/h3-14,27H,2H2,1H3,(H,25,28). The third-order valence-electron chi connectivity index (χ3n) is 4.77. The SMILES string of the molecule is CCc1ccc(NC(=O)c2c(O)c3cccnc3n(-c3ccccc3)c2=O)cc1. The minimum absolute atomic E-state index is 0.282. The number of anilines is 1. The van der Waals surface area contributed by atoms with E-state index in [1.807, 2.05) is 25.1 Å². The van der Waals surface area contributed by atoms with Crippen molar-refractivity contribution in [2.45, 2.75) is 13.3 Å². The summed E-state index contributed by atoms with van der Waals surface area (Å²) in [6, 6.07) is 19.5. The normalized spacial score (nSPS) is 10.8. The molecule has 4 aromatic rings. The lowest BCUT2D eigenvalue weighted by atomic mass is 10.1. The first-order valence-electron chi connectivity index (χ1n) is 9.28. The molecule has 144 valence electrons. The van der Waals surface area contributed by atoms with Crippen molar-refractivity contribution in [1.29, 1.82) is 0 Å². The van der Waals surface area contributed by atoms with Crippen LogP contribution in [-0.4, -0.2) is 20.6 Å². The van der Waals surface area contributed by atoms with Crippen LogP contribution < -0.4 is 10.9 Å². The molecule has 0 bridgehead atoms. The molecule has 29 heavy (non-hydrogen) atoms. The fourth-order valence-electron chi connectivity index (χ4n) is 3.24. The number of para-hydroxylation sites is 1. The molecule has 0 fully saturated rings. The van der Waals surface area contributed by atoms with Crippen molar-refractivity contribution in [3.05, 3.63) is 94.4 Å². The van der Waals surface area contributed by atoms with Crippen molar-refractivity contribution < 1.29 is 9.90 Å². The molecule has 2 aromatic heterocycles. The van der Waals surface area contributed by atoms with Gasteiger partial charge in [-0.15, -0.1) is 0 Å². The van der Waals surface area contributed by atoms with Crippen LogP contribution in [0.2, 0.25) is 0 Å². The highest BCUT2D eigenvalue weighted by Gasteiger charge is 2.23. The Bertz CT molecular complexity index is 1250. The number of carbonyl (C=O) groups is 1. The van der Waals surface area contributed by atoms with Crippen LogP contribution in [-0.2, 0) is 6.42 Å². The van der Waals surface area contributed by atoms with Gasteiger partial charge in [0.1, 0.15) is 11.3 Å². The molecule has 0 unspecified atom stereocenters. The zero-order valence-corrected chi connectivity index (χ0v) is 15.8. The van der Waals surface area contributed by atoms with E-state index in [0.717, 1.165) is 12.0 Å². The number of pyridine rings is 2. The highest BCUT2D eigenvalue weighted by Crippen LogP contribution is 2.27. The van der Waals surface area contributed by atoms with Crippen LogP contribution >= 0.6 is 0 Å². The average Bonchev–Trinajstić information content (AvgIpc) is 2.75. The number of aromatic hydroxyl groups is 1. The lowest BCUT2D eigenvalue weighted by molar-refractivity contribution is 0.102. The van der Waals surface area contributed by atoms with Crippen LogP contribution in [0.1, 0.15) is 22.8 Å². The Morgan fingerprint density at radius 2 is 1.76 bits per heavy atom. The van der Waals surface area contributed by atoms with Gasteiger partial charge in [-0.05, 0) is 48.4 Å². The molecular formula is C23H19N3O3. The monoisotopic (exact) mass is 385 g/mol. The van der Waals surface area contributed by atoms with Crippen LogP contribution in [0.3, 0.4) is 0 Å². The van der Waals surface area contributed by atoms with E-state index >= 15 is 0 Å². The molecule has 1 amide bonds. The van der Waals surface area contributed by atoms with Gasteiger partial charge in [0.05, 0.1) is 11.1 Å². The Labute approximate surface area is 167 Å². The lowest BCUT2D eigenvalue weighted by Gasteiger charge is -2.14.